The molecule has 11 aromatic rings. The predicted molar refractivity (Wildman–Crippen MR) is 237 cm³/mol. The van der Waals surface area contributed by atoms with Gasteiger partial charge in [-0.25, -0.2) is 0 Å². The van der Waals surface area contributed by atoms with E-state index in [0.29, 0.717) is 0 Å². The highest BCUT2D eigenvalue weighted by atomic mass is 16.3. The first-order valence-corrected chi connectivity index (χ1v) is 19.2. The van der Waals surface area contributed by atoms with E-state index in [0.717, 1.165) is 39.0 Å². The van der Waals surface area contributed by atoms with E-state index in [-0.39, 0.29) is 0 Å². The van der Waals surface area contributed by atoms with Crippen LogP contribution in [0, 0.1) is 0 Å². The Kier molecular flexibility index (Phi) is 7.53. The third kappa shape index (κ3) is 5.51. The molecule has 2 heteroatoms. The number of hydrogen-bond donors (Lipinski definition) is 0. The second-order valence-electron chi connectivity index (χ2n) is 14.5. The van der Waals surface area contributed by atoms with Gasteiger partial charge in [0.05, 0.1) is 5.69 Å². The summed E-state index contributed by atoms with van der Waals surface area (Å²) < 4.78 is 6.17. The number of hydrogen-bond acceptors (Lipinski definition) is 2. The minimum atomic E-state index is 0.906. The van der Waals surface area contributed by atoms with Gasteiger partial charge in [0.1, 0.15) is 11.2 Å². The highest BCUT2D eigenvalue weighted by Gasteiger charge is 2.18. The van der Waals surface area contributed by atoms with Crippen LogP contribution in [0.15, 0.2) is 217 Å². The Labute approximate surface area is 325 Å². The maximum absolute atomic E-state index is 6.17. The van der Waals surface area contributed by atoms with E-state index < -0.39 is 0 Å². The molecule has 262 valence electrons. The second kappa shape index (κ2) is 13.2. The number of nitrogens with zero attached hydrogens (tertiary/aromatic N) is 1. The molecule has 0 aliphatic heterocycles. The number of rotatable bonds is 6. The van der Waals surface area contributed by atoms with Crippen molar-refractivity contribution in [1.82, 2.24) is 0 Å². The SMILES string of the molecule is c1ccc(-c2ccc3ccc(-c4ccc5ccc(N(c6ccccc6)c6ccc(-c7ccc8oc9ccccc9c8c7)c7ccccc67)cc5c4)cc3c2)cc1. The molecular formula is C54H35NO. The summed E-state index contributed by atoms with van der Waals surface area (Å²) in [7, 11) is 0. The summed E-state index contributed by atoms with van der Waals surface area (Å²) in [5.74, 6) is 0. The summed E-state index contributed by atoms with van der Waals surface area (Å²) in [6.45, 7) is 0. The summed E-state index contributed by atoms with van der Waals surface area (Å²) in [4.78, 5) is 2.39. The second-order valence-corrected chi connectivity index (χ2v) is 14.5. The van der Waals surface area contributed by atoms with Crippen LogP contribution in [0.3, 0.4) is 0 Å². The summed E-state index contributed by atoms with van der Waals surface area (Å²) in [6.07, 6.45) is 0. The van der Waals surface area contributed by atoms with Crippen molar-refractivity contribution in [3.63, 3.8) is 0 Å². The van der Waals surface area contributed by atoms with E-state index in [4.69, 9.17) is 4.42 Å². The molecule has 0 fully saturated rings. The summed E-state index contributed by atoms with van der Waals surface area (Å²) in [6, 6.07) is 76.7. The minimum absolute atomic E-state index is 0.906. The topological polar surface area (TPSA) is 16.4 Å². The molecule has 2 nitrogen and oxygen atoms in total. The van der Waals surface area contributed by atoms with Gasteiger partial charge in [-0.2, -0.15) is 0 Å². The molecule has 0 unspecified atom stereocenters. The zero-order chi connectivity index (χ0) is 37.0. The van der Waals surface area contributed by atoms with Gasteiger partial charge in [0, 0.05) is 27.5 Å². The highest BCUT2D eigenvalue weighted by Crippen LogP contribution is 2.44. The van der Waals surface area contributed by atoms with Gasteiger partial charge >= 0.3 is 0 Å². The molecule has 11 rings (SSSR count). The van der Waals surface area contributed by atoms with Crippen molar-refractivity contribution in [3.8, 4) is 33.4 Å². The molecule has 1 heterocycles. The first-order valence-electron chi connectivity index (χ1n) is 19.2. The largest absolute Gasteiger partial charge is 0.456 e. The Morgan fingerprint density at radius 2 is 0.839 bits per heavy atom. The average molecular weight is 714 g/mol. The van der Waals surface area contributed by atoms with E-state index in [1.54, 1.807) is 0 Å². The van der Waals surface area contributed by atoms with Crippen molar-refractivity contribution in [2.45, 2.75) is 0 Å². The maximum atomic E-state index is 6.17. The first kappa shape index (κ1) is 32.0. The van der Waals surface area contributed by atoms with Crippen LogP contribution in [0.2, 0.25) is 0 Å². The van der Waals surface area contributed by atoms with Crippen molar-refractivity contribution < 1.29 is 4.42 Å². The van der Waals surface area contributed by atoms with Crippen LogP contribution in [0.1, 0.15) is 0 Å². The van der Waals surface area contributed by atoms with Gasteiger partial charge in [0.25, 0.3) is 0 Å². The summed E-state index contributed by atoms with van der Waals surface area (Å²) >= 11 is 0. The van der Waals surface area contributed by atoms with E-state index in [1.165, 1.54) is 65.7 Å². The van der Waals surface area contributed by atoms with Crippen LogP contribution in [0.4, 0.5) is 17.1 Å². The van der Waals surface area contributed by atoms with Gasteiger partial charge in [0.2, 0.25) is 0 Å². The van der Waals surface area contributed by atoms with Crippen molar-refractivity contribution in [3.05, 3.63) is 212 Å². The molecule has 0 aliphatic carbocycles. The van der Waals surface area contributed by atoms with E-state index in [2.05, 4.69) is 205 Å². The molecule has 56 heavy (non-hydrogen) atoms. The lowest BCUT2D eigenvalue weighted by Crippen LogP contribution is -2.10. The van der Waals surface area contributed by atoms with E-state index in [9.17, 15) is 0 Å². The molecule has 1 aromatic heterocycles. The predicted octanol–water partition coefficient (Wildman–Crippen LogP) is 15.5. The molecule has 10 aromatic carbocycles. The number of furan rings is 1. The molecule has 0 saturated heterocycles. The Morgan fingerprint density at radius 1 is 0.286 bits per heavy atom. The van der Waals surface area contributed by atoms with Gasteiger partial charge in [-0.05, 0) is 127 Å². The number of benzene rings is 10. The summed E-state index contributed by atoms with van der Waals surface area (Å²) in [5.41, 5.74) is 12.4. The van der Waals surface area contributed by atoms with E-state index in [1.807, 2.05) is 12.1 Å². The van der Waals surface area contributed by atoms with Crippen LogP contribution in [0.5, 0.6) is 0 Å². The Morgan fingerprint density at radius 3 is 1.57 bits per heavy atom. The molecule has 0 N–H and O–H groups in total. The van der Waals surface area contributed by atoms with Crippen molar-refractivity contribution in [2.75, 3.05) is 4.90 Å². The normalized spacial score (nSPS) is 11.6. The van der Waals surface area contributed by atoms with Crippen molar-refractivity contribution in [2.24, 2.45) is 0 Å². The molecule has 0 radical (unpaired) electrons. The lowest BCUT2D eigenvalue weighted by atomic mass is 9.95. The van der Waals surface area contributed by atoms with Gasteiger partial charge < -0.3 is 9.32 Å². The quantitative estimate of drug-likeness (QED) is 0.171. The fraction of sp³-hybridized carbons (Fsp3) is 0. The number of para-hydroxylation sites is 2. The van der Waals surface area contributed by atoms with Crippen LogP contribution in [0.25, 0.3) is 87.6 Å². The fourth-order valence-corrected chi connectivity index (χ4v) is 8.42. The number of anilines is 3. The van der Waals surface area contributed by atoms with Gasteiger partial charge in [0.15, 0.2) is 0 Å². The molecule has 0 bridgehead atoms. The van der Waals surface area contributed by atoms with Gasteiger partial charge in [-0.3, -0.25) is 0 Å². The lowest BCUT2D eigenvalue weighted by Gasteiger charge is -2.28. The standard InChI is InChI=1S/C54H35NO/c1-3-11-36(12-4-1)39-22-19-37-20-23-40(32-43(37)31-39)41-24-21-38-25-27-46(34-44(38)33-41)55(45-13-5-2-6-14-45)52-29-28-47(48-15-7-8-16-49(48)52)42-26-30-54-51(35-42)50-17-9-10-18-53(50)56-54/h1-35H. The van der Waals surface area contributed by atoms with Gasteiger partial charge in [-0.1, -0.05) is 146 Å². The third-order valence-corrected chi connectivity index (χ3v) is 11.2. The fourth-order valence-electron chi connectivity index (χ4n) is 8.42. The highest BCUT2D eigenvalue weighted by molar-refractivity contribution is 6.10. The van der Waals surface area contributed by atoms with Crippen LogP contribution < -0.4 is 4.90 Å². The van der Waals surface area contributed by atoms with Crippen LogP contribution in [-0.4, -0.2) is 0 Å². The zero-order valence-corrected chi connectivity index (χ0v) is 30.6. The van der Waals surface area contributed by atoms with Crippen LogP contribution >= 0.6 is 0 Å². The van der Waals surface area contributed by atoms with Crippen LogP contribution in [-0.2, 0) is 0 Å². The Hall–Kier alpha value is -7.42. The number of fused-ring (bicyclic) bond motifs is 6. The molecular weight excluding hydrogens is 679 g/mol. The minimum Gasteiger partial charge on any atom is -0.456 e. The Balaban J connectivity index is 1.03. The maximum Gasteiger partial charge on any atom is 0.135 e. The molecule has 0 aliphatic rings. The van der Waals surface area contributed by atoms with Crippen molar-refractivity contribution in [1.29, 1.82) is 0 Å². The Bertz CT molecular complexity index is 3250. The first-order chi connectivity index (χ1) is 27.7. The molecule has 0 atom stereocenters. The summed E-state index contributed by atoms with van der Waals surface area (Å²) in [5, 5.41) is 9.54. The lowest BCUT2D eigenvalue weighted by molar-refractivity contribution is 0.669. The van der Waals surface area contributed by atoms with Gasteiger partial charge in [-0.15, -0.1) is 0 Å². The van der Waals surface area contributed by atoms with Crippen molar-refractivity contribution >= 4 is 71.3 Å². The van der Waals surface area contributed by atoms with E-state index >= 15 is 0 Å². The monoisotopic (exact) mass is 713 g/mol. The average Bonchev–Trinajstić information content (AvgIpc) is 3.64. The smallest absolute Gasteiger partial charge is 0.135 e. The molecule has 0 spiro atoms. The third-order valence-electron chi connectivity index (χ3n) is 11.2. The molecule has 0 amide bonds. The zero-order valence-electron chi connectivity index (χ0n) is 30.6. The molecule has 0 saturated carbocycles.